The topological polar surface area (TPSA) is 84.3 Å². The normalized spacial score (nSPS) is 11.2. The Morgan fingerprint density at radius 1 is 1.12 bits per heavy atom. The Balaban J connectivity index is 1.62. The Morgan fingerprint density at radius 3 is 2.65 bits per heavy atom. The number of hydrogen-bond donors (Lipinski definition) is 2. The van der Waals surface area contributed by atoms with Crippen LogP contribution in [-0.2, 0) is 13.6 Å². The predicted molar refractivity (Wildman–Crippen MR) is 102 cm³/mol. The van der Waals surface area contributed by atoms with Gasteiger partial charge in [-0.15, -0.1) is 0 Å². The molecule has 0 fully saturated rings. The summed E-state index contributed by atoms with van der Waals surface area (Å²) in [6.45, 7) is 6.57. The number of aryl methyl sites for hydroxylation is 3. The number of nitrogens with zero attached hydrogens (tertiary/aromatic N) is 5. The summed E-state index contributed by atoms with van der Waals surface area (Å²) in [5, 5.41) is 7.83. The molecule has 0 aliphatic heterocycles. The second-order valence-electron chi connectivity index (χ2n) is 6.45. The minimum absolute atomic E-state index is 0.566. The molecule has 1 aromatic carbocycles. The molecule has 4 rings (SSSR count). The molecule has 26 heavy (non-hydrogen) atoms. The lowest BCUT2D eigenvalue weighted by Crippen LogP contribution is -2.06. The van der Waals surface area contributed by atoms with Crippen molar-refractivity contribution in [2.24, 2.45) is 7.05 Å². The van der Waals surface area contributed by atoms with E-state index in [-0.39, 0.29) is 0 Å². The van der Waals surface area contributed by atoms with Crippen molar-refractivity contribution in [2.45, 2.75) is 27.3 Å². The Labute approximate surface area is 151 Å². The second-order valence-corrected chi connectivity index (χ2v) is 6.45. The van der Waals surface area contributed by atoms with Crippen LogP contribution >= 0.6 is 0 Å². The lowest BCUT2D eigenvalue weighted by Gasteiger charge is -2.09. The third-order valence-electron chi connectivity index (χ3n) is 4.57. The molecule has 0 aliphatic rings. The molecular weight excluding hydrogens is 326 g/mol. The van der Waals surface area contributed by atoms with Crippen LogP contribution in [0.1, 0.15) is 22.8 Å². The Morgan fingerprint density at radius 2 is 1.92 bits per heavy atom. The number of imidazole rings is 1. The van der Waals surface area contributed by atoms with Gasteiger partial charge in [0.25, 0.3) is 0 Å². The van der Waals surface area contributed by atoms with Crippen molar-refractivity contribution < 1.29 is 0 Å². The molecule has 3 aromatic heterocycles. The molecule has 0 spiro atoms. The number of nitrogens with one attached hydrogen (secondary N) is 2. The van der Waals surface area contributed by atoms with Crippen molar-refractivity contribution >= 4 is 16.9 Å². The van der Waals surface area contributed by atoms with Crippen molar-refractivity contribution in [1.82, 2.24) is 29.7 Å². The van der Waals surface area contributed by atoms with Crippen molar-refractivity contribution in [3.05, 3.63) is 53.2 Å². The highest BCUT2D eigenvalue weighted by atomic mass is 15.3. The number of para-hydroxylation sites is 2. The highest BCUT2D eigenvalue weighted by Gasteiger charge is 2.15. The molecule has 0 saturated heterocycles. The van der Waals surface area contributed by atoms with Gasteiger partial charge in [-0.1, -0.05) is 12.1 Å². The van der Waals surface area contributed by atoms with E-state index in [1.807, 2.05) is 63.0 Å². The van der Waals surface area contributed by atoms with Crippen LogP contribution in [0.5, 0.6) is 0 Å². The first kappa shape index (κ1) is 16.3. The van der Waals surface area contributed by atoms with Gasteiger partial charge in [-0.25, -0.2) is 15.0 Å². The molecular formula is C19H21N7. The molecule has 0 saturated carbocycles. The van der Waals surface area contributed by atoms with Gasteiger partial charge in [0, 0.05) is 24.5 Å². The number of benzene rings is 1. The average Bonchev–Trinajstić information content (AvgIpc) is 3.15. The average molecular weight is 347 g/mol. The van der Waals surface area contributed by atoms with Gasteiger partial charge >= 0.3 is 0 Å². The van der Waals surface area contributed by atoms with Gasteiger partial charge in [0.05, 0.1) is 28.8 Å². The molecule has 0 unspecified atom stereocenters. The van der Waals surface area contributed by atoms with E-state index in [9.17, 15) is 0 Å². The van der Waals surface area contributed by atoms with Crippen LogP contribution in [0.15, 0.2) is 30.5 Å². The van der Waals surface area contributed by atoms with E-state index in [2.05, 4.69) is 25.4 Å². The summed E-state index contributed by atoms with van der Waals surface area (Å²) in [7, 11) is 1.93. The highest BCUT2D eigenvalue weighted by Crippen LogP contribution is 2.25. The maximum Gasteiger partial charge on any atom is 0.165 e. The van der Waals surface area contributed by atoms with E-state index < -0.39 is 0 Å². The van der Waals surface area contributed by atoms with Gasteiger partial charge in [-0.2, -0.15) is 5.10 Å². The van der Waals surface area contributed by atoms with Crippen LogP contribution < -0.4 is 5.32 Å². The minimum atomic E-state index is 0.566. The van der Waals surface area contributed by atoms with E-state index in [0.717, 1.165) is 45.2 Å². The molecule has 0 aliphatic carbocycles. The number of hydrogen-bond acceptors (Lipinski definition) is 5. The Hall–Kier alpha value is -3.22. The van der Waals surface area contributed by atoms with Gasteiger partial charge in [0.15, 0.2) is 5.82 Å². The predicted octanol–water partition coefficient (Wildman–Crippen LogP) is 3.29. The van der Waals surface area contributed by atoms with E-state index in [0.29, 0.717) is 12.4 Å². The SMILES string of the molecule is Cc1cnc(-c2c(C)nn(C)c2C)nc1NCc1nc2ccccc2[nH]1. The summed E-state index contributed by atoms with van der Waals surface area (Å²) in [5.74, 6) is 2.36. The monoisotopic (exact) mass is 347 g/mol. The van der Waals surface area contributed by atoms with Crippen LogP contribution in [-0.4, -0.2) is 29.7 Å². The fourth-order valence-corrected chi connectivity index (χ4v) is 3.10. The van der Waals surface area contributed by atoms with Crippen LogP contribution in [0.3, 0.4) is 0 Å². The number of rotatable bonds is 4. The summed E-state index contributed by atoms with van der Waals surface area (Å²) >= 11 is 0. The fourth-order valence-electron chi connectivity index (χ4n) is 3.10. The summed E-state index contributed by atoms with van der Waals surface area (Å²) < 4.78 is 1.86. The van der Waals surface area contributed by atoms with E-state index in [1.165, 1.54) is 0 Å². The van der Waals surface area contributed by atoms with Crippen LogP contribution in [0.4, 0.5) is 5.82 Å². The molecule has 3 heterocycles. The second kappa shape index (κ2) is 6.25. The van der Waals surface area contributed by atoms with E-state index in [4.69, 9.17) is 4.98 Å². The molecule has 7 heteroatoms. The maximum absolute atomic E-state index is 4.73. The fraction of sp³-hybridized carbons (Fsp3) is 0.263. The number of anilines is 1. The lowest BCUT2D eigenvalue weighted by atomic mass is 10.2. The third-order valence-corrected chi connectivity index (χ3v) is 4.57. The largest absolute Gasteiger partial charge is 0.363 e. The molecule has 4 aromatic rings. The standard InChI is InChI=1S/C19H21N7/c1-11-9-20-19(17-12(2)25-26(4)13(17)3)24-18(11)21-10-16-22-14-7-5-6-8-15(14)23-16/h5-9H,10H2,1-4H3,(H,22,23)(H,20,21,24). The summed E-state index contributed by atoms with van der Waals surface area (Å²) in [5.41, 5.74) is 5.95. The van der Waals surface area contributed by atoms with Crippen LogP contribution in [0, 0.1) is 20.8 Å². The molecule has 0 bridgehead atoms. The van der Waals surface area contributed by atoms with Gasteiger partial charge in [0.2, 0.25) is 0 Å². The minimum Gasteiger partial charge on any atom is -0.363 e. The summed E-state index contributed by atoms with van der Waals surface area (Å²) in [4.78, 5) is 17.2. The zero-order valence-electron chi connectivity index (χ0n) is 15.3. The maximum atomic E-state index is 4.73. The number of aromatic nitrogens is 6. The van der Waals surface area contributed by atoms with Crippen molar-refractivity contribution in [3.8, 4) is 11.4 Å². The highest BCUT2D eigenvalue weighted by molar-refractivity contribution is 5.74. The molecule has 0 radical (unpaired) electrons. The van der Waals surface area contributed by atoms with Gasteiger partial charge in [-0.05, 0) is 32.9 Å². The zero-order chi connectivity index (χ0) is 18.3. The van der Waals surface area contributed by atoms with Gasteiger partial charge in [-0.3, -0.25) is 4.68 Å². The molecule has 0 amide bonds. The molecule has 7 nitrogen and oxygen atoms in total. The lowest BCUT2D eigenvalue weighted by molar-refractivity contribution is 0.731. The van der Waals surface area contributed by atoms with Crippen LogP contribution in [0.2, 0.25) is 0 Å². The number of H-pyrrole nitrogens is 1. The summed E-state index contributed by atoms with van der Waals surface area (Å²) in [6.07, 6.45) is 1.84. The zero-order valence-corrected chi connectivity index (χ0v) is 15.3. The first-order chi connectivity index (χ1) is 12.5. The van der Waals surface area contributed by atoms with Crippen LogP contribution in [0.25, 0.3) is 22.4 Å². The van der Waals surface area contributed by atoms with E-state index in [1.54, 1.807) is 0 Å². The third kappa shape index (κ3) is 2.81. The first-order valence-electron chi connectivity index (χ1n) is 8.54. The van der Waals surface area contributed by atoms with Crippen molar-refractivity contribution in [2.75, 3.05) is 5.32 Å². The van der Waals surface area contributed by atoms with Crippen molar-refractivity contribution in [1.29, 1.82) is 0 Å². The number of fused-ring (bicyclic) bond motifs is 1. The Bertz CT molecular complexity index is 1060. The van der Waals surface area contributed by atoms with Crippen molar-refractivity contribution in [3.63, 3.8) is 0 Å². The smallest absolute Gasteiger partial charge is 0.165 e. The summed E-state index contributed by atoms with van der Waals surface area (Å²) in [6, 6.07) is 8.00. The molecule has 0 atom stereocenters. The quantitative estimate of drug-likeness (QED) is 0.592. The number of aromatic amines is 1. The molecule has 132 valence electrons. The van der Waals surface area contributed by atoms with Gasteiger partial charge in [0.1, 0.15) is 11.6 Å². The Kier molecular flexibility index (Phi) is 3.91. The molecule has 2 N–H and O–H groups in total. The van der Waals surface area contributed by atoms with E-state index >= 15 is 0 Å². The van der Waals surface area contributed by atoms with Gasteiger partial charge < -0.3 is 10.3 Å². The first-order valence-corrected chi connectivity index (χ1v) is 8.54.